The molecule has 15 heavy (non-hydrogen) atoms. The summed E-state index contributed by atoms with van der Waals surface area (Å²) in [5.74, 6) is 0. The molecule has 0 bridgehead atoms. The van der Waals surface area contributed by atoms with Crippen molar-refractivity contribution in [2.75, 3.05) is 19.6 Å². The average molecular weight is 239 g/mol. The fourth-order valence-corrected chi connectivity index (χ4v) is 1.58. The van der Waals surface area contributed by atoms with E-state index in [1.54, 1.807) is 0 Å². The topological polar surface area (TPSA) is 15.3 Å². The van der Waals surface area contributed by atoms with Gasteiger partial charge in [-0.05, 0) is 47.3 Å². The van der Waals surface area contributed by atoms with Crippen molar-refractivity contribution in [3.8, 4) is 0 Å². The van der Waals surface area contributed by atoms with E-state index in [0.717, 1.165) is 19.6 Å². The van der Waals surface area contributed by atoms with E-state index in [2.05, 4.69) is 58.7 Å². The van der Waals surface area contributed by atoms with E-state index < -0.39 is 0 Å². The molecule has 0 aliphatic heterocycles. The minimum Gasteiger partial charge on any atom is -0.317 e. The highest BCUT2D eigenvalue weighted by molar-refractivity contribution is 5.85. The van der Waals surface area contributed by atoms with Gasteiger partial charge in [-0.2, -0.15) is 0 Å². The molecule has 96 valence electrons. The van der Waals surface area contributed by atoms with Gasteiger partial charge in [-0.3, -0.25) is 4.90 Å². The van der Waals surface area contributed by atoms with Gasteiger partial charge >= 0.3 is 0 Å². The normalized spacial score (nSPS) is 10.0. The summed E-state index contributed by atoms with van der Waals surface area (Å²) in [5, 5.41) is 3.11. The Bertz CT molecular complexity index is 95.8. The van der Waals surface area contributed by atoms with Crippen LogP contribution in [0.1, 0.15) is 48.5 Å². The van der Waals surface area contributed by atoms with Crippen LogP contribution in [-0.2, 0) is 0 Å². The standard InChI is InChI=1S/C8H19N.C4H11N.ClH/c1-6-9(7(2)3)8(4)5;1-3-5-4-2;/h7-8H,6H2,1-5H3;5H,3-4H2,1-2H3;1H. The van der Waals surface area contributed by atoms with Crippen molar-refractivity contribution in [3.63, 3.8) is 0 Å². The van der Waals surface area contributed by atoms with Gasteiger partial charge < -0.3 is 5.32 Å². The maximum absolute atomic E-state index is 3.11. The molecule has 0 spiro atoms. The second kappa shape index (κ2) is 14.2. The molecule has 2 nitrogen and oxygen atoms in total. The summed E-state index contributed by atoms with van der Waals surface area (Å²) in [7, 11) is 0. The van der Waals surface area contributed by atoms with E-state index in [0.29, 0.717) is 12.1 Å². The Morgan fingerprint density at radius 1 is 0.867 bits per heavy atom. The van der Waals surface area contributed by atoms with E-state index >= 15 is 0 Å². The van der Waals surface area contributed by atoms with Crippen LogP contribution >= 0.6 is 12.4 Å². The molecule has 0 rings (SSSR count). The first-order chi connectivity index (χ1) is 6.51. The Morgan fingerprint density at radius 3 is 1.20 bits per heavy atom. The number of hydrogen-bond acceptors (Lipinski definition) is 2. The van der Waals surface area contributed by atoms with Crippen molar-refractivity contribution in [2.24, 2.45) is 0 Å². The first-order valence-electron chi connectivity index (χ1n) is 5.97. The summed E-state index contributed by atoms with van der Waals surface area (Å²) in [4.78, 5) is 2.46. The molecule has 0 heterocycles. The minimum atomic E-state index is 0. The lowest BCUT2D eigenvalue weighted by molar-refractivity contribution is 0.185. The quantitative estimate of drug-likeness (QED) is 0.792. The fraction of sp³-hybridized carbons (Fsp3) is 1.00. The van der Waals surface area contributed by atoms with Crippen molar-refractivity contribution in [2.45, 2.75) is 60.5 Å². The van der Waals surface area contributed by atoms with Crippen molar-refractivity contribution in [3.05, 3.63) is 0 Å². The molecule has 0 amide bonds. The van der Waals surface area contributed by atoms with Crippen LogP contribution in [0.2, 0.25) is 0 Å². The third-order valence-electron chi connectivity index (χ3n) is 2.19. The summed E-state index contributed by atoms with van der Waals surface area (Å²) >= 11 is 0. The van der Waals surface area contributed by atoms with Gasteiger partial charge in [-0.25, -0.2) is 0 Å². The van der Waals surface area contributed by atoms with Crippen LogP contribution in [0.4, 0.5) is 0 Å². The number of hydrogen-bond donors (Lipinski definition) is 1. The first-order valence-corrected chi connectivity index (χ1v) is 5.97. The van der Waals surface area contributed by atoms with Crippen molar-refractivity contribution >= 4 is 12.4 Å². The molecule has 0 aliphatic rings. The second-order valence-corrected chi connectivity index (χ2v) is 3.98. The summed E-state index contributed by atoms with van der Waals surface area (Å²) < 4.78 is 0. The van der Waals surface area contributed by atoms with Gasteiger partial charge in [0, 0.05) is 12.1 Å². The van der Waals surface area contributed by atoms with Gasteiger partial charge in [0.15, 0.2) is 0 Å². The average Bonchev–Trinajstić information content (AvgIpc) is 2.06. The molecule has 0 atom stereocenters. The highest BCUT2D eigenvalue weighted by Crippen LogP contribution is 2.02. The monoisotopic (exact) mass is 238 g/mol. The molecule has 0 aliphatic carbocycles. The van der Waals surface area contributed by atoms with Crippen LogP contribution in [0.3, 0.4) is 0 Å². The summed E-state index contributed by atoms with van der Waals surface area (Å²) in [6.07, 6.45) is 0. The van der Waals surface area contributed by atoms with Gasteiger partial charge in [0.25, 0.3) is 0 Å². The van der Waals surface area contributed by atoms with E-state index in [9.17, 15) is 0 Å². The Hall–Kier alpha value is 0.210. The van der Waals surface area contributed by atoms with Gasteiger partial charge in [0.2, 0.25) is 0 Å². The minimum absolute atomic E-state index is 0. The number of nitrogens with zero attached hydrogens (tertiary/aromatic N) is 1. The summed E-state index contributed by atoms with van der Waals surface area (Å²) in [6, 6.07) is 1.38. The van der Waals surface area contributed by atoms with Crippen LogP contribution < -0.4 is 5.32 Å². The van der Waals surface area contributed by atoms with Crippen LogP contribution in [0.15, 0.2) is 0 Å². The lowest BCUT2D eigenvalue weighted by Crippen LogP contribution is -2.36. The van der Waals surface area contributed by atoms with Gasteiger partial charge in [-0.15, -0.1) is 12.4 Å². The lowest BCUT2D eigenvalue weighted by atomic mass is 10.2. The largest absolute Gasteiger partial charge is 0.317 e. The third-order valence-corrected chi connectivity index (χ3v) is 2.19. The number of halogens is 1. The molecule has 0 radical (unpaired) electrons. The zero-order valence-corrected chi connectivity index (χ0v) is 12.4. The molecule has 0 aromatic carbocycles. The van der Waals surface area contributed by atoms with E-state index in [-0.39, 0.29) is 12.4 Å². The predicted octanol–water partition coefficient (Wildman–Crippen LogP) is 3.16. The summed E-state index contributed by atoms with van der Waals surface area (Å²) in [5.41, 5.74) is 0. The third kappa shape index (κ3) is 14.2. The molecule has 3 heteroatoms. The Kier molecular flexibility index (Phi) is 19.5. The highest BCUT2D eigenvalue weighted by atomic mass is 35.5. The maximum Gasteiger partial charge on any atom is 0.00411 e. The second-order valence-electron chi connectivity index (χ2n) is 3.98. The van der Waals surface area contributed by atoms with Crippen LogP contribution in [0.5, 0.6) is 0 Å². The van der Waals surface area contributed by atoms with Crippen molar-refractivity contribution < 1.29 is 0 Å². The van der Waals surface area contributed by atoms with Crippen LogP contribution in [-0.4, -0.2) is 36.6 Å². The van der Waals surface area contributed by atoms with Gasteiger partial charge in [0.1, 0.15) is 0 Å². The highest BCUT2D eigenvalue weighted by Gasteiger charge is 2.08. The fourth-order valence-electron chi connectivity index (χ4n) is 1.58. The Morgan fingerprint density at radius 2 is 1.20 bits per heavy atom. The van der Waals surface area contributed by atoms with E-state index in [1.807, 2.05) is 0 Å². The Labute approximate surface area is 103 Å². The molecule has 1 N–H and O–H groups in total. The SMILES string of the molecule is CCN(C(C)C)C(C)C.CCNCC.Cl. The zero-order valence-electron chi connectivity index (χ0n) is 11.6. The summed E-state index contributed by atoms with van der Waals surface area (Å²) in [6.45, 7) is 18.7. The van der Waals surface area contributed by atoms with E-state index in [4.69, 9.17) is 0 Å². The number of rotatable bonds is 5. The molecule has 0 saturated carbocycles. The number of nitrogens with one attached hydrogen (secondary N) is 1. The molecular formula is C12H31ClN2. The smallest absolute Gasteiger partial charge is 0.00411 e. The molecular weight excluding hydrogens is 208 g/mol. The molecule has 0 saturated heterocycles. The van der Waals surface area contributed by atoms with Crippen molar-refractivity contribution in [1.82, 2.24) is 10.2 Å². The van der Waals surface area contributed by atoms with Crippen molar-refractivity contribution in [1.29, 1.82) is 0 Å². The van der Waals surface area contributed by atoms with Gasteiger partial charge in [-0.1, -0.05) is 20.8 Å². The maximum atomic E-state index is 3.11. The Balaban J connectivity index is -0.000000208. The molecule has 0 unspecified atom stereocenters. The first kappa shape index (κ1) is 20.6. The predicted molar refractivity (Wildman–Crippen MR) is 74.1 cm³/mol. The van der Waals surface area contributed by atoms with Gasteiger partial charge in [0.05, 0.1) is 0 Å². The molecule has 0 fully saturated rings. The lowest BCUT2D eigenvalue weighted by Gasteiger charge is -2.28. The molecule has 0 aromatic heterocycles. The van der Waals surface area contributed by atoms with Crippen LogP contribution in [0.25, 0.3) is 0 Å². The zero-order chi connectivity index (χ0) is 11.6. The van der Waals surface area contributed by atoms with Crippen LogP contribution in [0, 0.1) is 0 Å². The van der Waals surface area contributed by atoms with E-state index in [1.165, 1.54) is 0 Å². The molecule has 0 aromatic rings.